The fraction of sp³-hybridized carbons (Fsp3) is 0.500. The van der Waals surface area contributed by atoms with Crippen LogP contribution >= 0.6 is 0 Å². The fourth-order valence-electron chi connectivity index (χ4n) is 2.58. The van der Waals surface area contributed by atoms with Crippen molar-refractivity contribution < 1.29 is 0 Å². The van der Waals surface area contributed by atoms with Gasteiger partial charge in [-0.25, -0.2) is 0 Å². The number of guanidine groups is 1. The van der Waals surface area contributed by atoms with Gasteiger partial charge in [0.2, 0.25) is 0 Å². The molecule has 4 heteroatoms. The third-order valence-corrected chi connectivity index (χ3v) is 3.99. The van der Waals surface area contributed by atoms with Crippen molar-refractivity contribution >= 4 is 11.6 Å². The quantitative estimate of drug-likeness (QED) is 0.498. The SMILES string of the molecule is CCCCN(C)C(=NC)NCc1ccc(N2CC=CC2)cc1. The zero-order chi connectivity index (χ0) is 15.8. The van der Waals surface area contributed by atoms with Crippen LogP contribution in [0.2, 0.25) is 0 Å². The highest BCUT2D eigenvalue weighted by atomic mass is 15.3. The lowest BCUT2D eigenvalue weighted by Gasteiger charge is -2.22. The van der Waals surface area contributed by atoms with E-state index in [0.29, 0.717) is 0 Å². The molecule has 1 aromatic rings. The molecule has 0 unspecified atom stereocenters. The second-order valence-electron chi connectivity index (χ2n) is 5.72. The summed E-state index contributed by atoms with van der Waals surface area (Å²) < 4.78 is 0. The van der Waals surface area contributed by atoms with Crippen molar-refractivity contribution in [1.29, 1.82) is 0 Å². The Morgan fingerprint density at radius 3 is 2.50 bits per heavy atom. The van der Waals surface area contributed by atoms with Gasteiger partial charge in [0.25, 0.3) is 0 Å². The van der Waals surface area contributed by atoms with Crippen LogP contribution < -0.4 is 10.2 Å². The molecule has 0 fully saturated rings. The van der Waals surface area contributed by atoms with Gasteiger partial charge in [0.15, 0.2) is 5.96 Å². The van der Waals surface area contributed by atoms with Crippen LogP contribution in [0.5, 0.6) is 0 Å². The van der Waals surface area contributed by atoms with Crippen molar-refractivity contribution in [3.05, 3.63) is 42.0 Å². The summed E-state index contributed by atoms with van der Waals surface area (Å²) in [6, 6.07) is 8.79. The van der Waals surface area contributed by atoms with E-state index in [-0.39, 0.29) is 0 Å². The molecule has 1 N–H and O–H groups in total. The molecule has 0 aliphatic carbocycles. The average molecular weight is 300 g/mol. The molecular formula is C18H28N4. The van der Waals surface area contributed by atoms with E-state index in [0.717, 1.165) is 32.1 Å². The standard InChI is InChI=1S/C18H28N4/c1-4-5-12-21(3)18(19-2)20-15-16-8-10-17(11-9-16)22-13-6-7-14-22/h6-11H,4-5,12-15H2,1-3H3,(H,19,20). The first-order chi connectivity index (χ1) is 10.7. The van der Waals surface area contributed by atoms with Crippen LogP contribution in [0.3, 0.4) is 0 Å². The maximum Gasteiger partial charge on any atom is 0.193 e. The molecule has 0 spiro atoms. The Balaban J connectivity index is 1.85. The van der Waals surface area contributed by atoms with Crippen molar-refractivity contribution in [2.75, 3.05) is 38.6 Å². The number of anilines is 1. The van der Waals surface area contributed by atoms with Crippen molar-refractivity contribution in [1.82, 2.24) is 10.2 Å². The Kier molecular flexibility index (Phi) is 6.31. The van der Waals surface area contributed by atoms with Crippen LogP contribution in [-0.2, 0) is 6.54 Å². The number of unbranched alkanes of at least 4 members (excludes halogenated alkanes) is 1. The lowest BCUT2D eigenvalue weighted by atomic mass is 10.2. The molecule has 0 aromatic heterocycles. The van der Waals surface area contributed by atoms with Crippen LogP contribution in [0.1, 0.15) is 25.3 Å². The summed E-state index contributed by atoms with van der Waals surface area (Å²) in [6.07, 6.45) is 6.82. The van der Waals surface area contributed by atoms with Gasteiger partial charge in [0.05, 0.1) is 0 Å². The maximum absolute atomic E-state index is 4.35. The highest BCUT2D eigenvalue weighted by molar-refractivity contribution is 5.79. The van der Waals surface area contributed by atoms with Crippen LogP contribution in [0.25, 0.3) is 0 Å². The van der Waals surface area contributed by atoms with Crippen molar-refractivity contribution in [2.24, 2.45) is 4.99 Å². The van der Waals surface area contributed by atoms with E-state index in [1.54, 1.807) is 0 Å². The molecule has 1 aliphatic rings. The summed E-state index contributed by atoms with van der Waals surface area (Å²) in [5.74, 6) is 0.960. The molecule has 0 saturated heterocycles. The van der Waals surface area contributed by atoms with Gasteiger partial charge in [0, 0.05) is 46.0 Å². The van der Waals surface area contributed by atoms with Crippen LogP contribution in [-0.4, -0.2) is 44.6 Å². The van der Waals surface area contributed by atoms with Crippen molar-refractivity contribution in [3.8, 4) is 0 Å². The third-order valence-electron chi connectivity index (χ3n) is 3.99. The Morgan fingerprint density at radius 2 is 1.91 bits per heavy atom. The Morgan fingerprint density at radius 1 is 1.23 bits per heavy atom. The second-order valence-corrected chi connectivity index (χ2v) is 5.72. The first-order valence-corrected chi connectivity index (χ1v) is 8.15. The van der Waals surface area contributed by atoms with Gasteiger partial charge in [-0.15, -0.1) is 0 Å². The molecule has 4 nitrogen and oxygen atoms in total. The van der Waals surface area contributed by atoms with E-state index in [4.69, 9.17) is 0 Å². The second kappa shape index (κ2) is 8.47. The van der Waals surface area contributed by atoms with Gasteiger partial charge in [-0.2, -0.15) is 0 Å². The largest absolute Gasteiger partial charge is 0.364 e. The maximum atomic E-state index is 4.35. The number of rotatable bonds is 6. The molecule has 120 valence electrons. The predicted octanol–water partition coefficient (Wildman–Crippen LogP) is 2.87. The number of hydrogen-bond acceptors (Lipinski definition) is 2. The summed E-state index contributed by atoms with van der Waals surface area (Å²) in [5, 5.41) is 3.43. The molecule has 0 atom stereocenters. The lowest BCUT2D eigenvalue weighted by Crippen LogP contribution is -2.38. The summed E-state index contributed by atoms with van der Waals surface area (Å²) >= 11 is 0. The normalized spacial score (nSPS) is 14.5. The van der Waals surface area contributed by atoms with Crippen LogP contribution in [0.4, 0.5) is 5.69 Å². The third kappa shape index (κ3) is 4.52. The molecule has 0 bridgehead atoms. The molecule has 22 heavy (non-hydrogen) atoms. The minimum Gasteiger partial charge on any atom is -0.364 e. The first kappa shape index (κ1) is 16.4. The Hall–Kier alpha value is -1.97. The minimum absolute atomic E-state index is 0.807. The molecule has 2 rings (SSSR count). The van der Waals surface area contributed by atoms with Crippen LogP contribution in [0, 0.1) is 0 Å². The summed E-state index contributed by atoms with van der Waals surface area (Å²) in [6.45, 7) is 6.10. The fourth-order valence-corrected chi connectivity index (χ4v) is 2.58. The molecule has 0 radical (unpaired) electrons. The first-order valence-electron chi connectivity index (χ1n) is 8.15. The number of nitrogens with zero attached hydrogens (tertiary/aromatic N) is 3. The molecule has 0 amide bonds. The van der Waals surface area contributed by atoms with Gasteiger partial charge in [0.1, 0.15) is 0 Å². The van der Waals surface area contributed by atoms with Gasteiger partial charge in [-0.3, -0.25) is 4.99 Å². The van der Waals surface area contributed by atoms with Gasteiger partial charge >= 0.3 is 0 Å². The van der Waals surface area contributed by atoms with Crippen molar-refractivity contribution in [2.45, 2.75) is 26.3 Å². The lowest BCUT2D eigenvalue weighted by molar-refractivity contribution is 0.464. The highest BCUT2D eigenvalue weighted by Gasteiger charge is 2.08. The molecule has 0 saturated carbocycles. The molecule has 1 aromatic carbocycles. The Labute approximate surface area is 134 Å². The van der Waals surface area contributed by atoms with Crippen molar-refractivity contribution in [3.63, 3.8) is 0 Å². The number of nitrogens with one attached hydrogen (secondary N) is 1. The van der Waals surface area contributed by atoms with E-state index in [2.05, 4.69) is 70.5 Å². The molecule has 1 aliphatic heterocycles. The van der Waals surface area contributed by atoms with E-state index in [9.17, 15) is 0 Å². The summed E-state index contributed by atoms with van der Waals surface area (Å²) in [4.78, 5) is 8.90. The number of benzene rings is 1. The van der Waals surface area contributed by atoms with Crippen LogP contribution in [0.15, 0.2) is 41.4 Å². The summed E-state index contributed by atoms with van der Waals surface area (Å²) in [7, 11) is 3.93. The topological polar surface area (TPSA) is 30.9 Å². The zero-order valence-corrected chi connectivity index (χ0v) is 14.0. The monoisotopic (exact) mass is 300 g/mol. The van der Waals surface area contributed by atoms with Gasteiger partial charge < -0.3 is 15.1 Å². The number of hydrogen-bond donors (Lipinski definition) is 1. The molecule has 1 heterocycles. The Bertz CT molecular complexity index is 496. The summed E-state index contributed by atoms with van der Waals surface area (Å²) in [5.41, 5.74) is 2.57. The van der Waals surface area contributed by atoms with E-state index in [1.807, 2.05) is 7.05 Å². The predicted molar refractivity (Wildman–Crippen MR) is 95.5 cm³/mol. The van der Waals surface area contributed by atoms with E-state index in [1.165, 1.54) is 24.1 Å². The van der Waals surface area contributed by atoms with E-state index >= 15 is 0 Å². The molecular weight excluding hydrogens is 272 g/mol. The van der Waals surface area contributed by atoms with E-state index < -0.39 is 0 Å². The number of aliphatic imine (C=N–C) groups is 1. The zero-order valence-electron chi connectivity index (χ0n) is 14.0. The smallest absolute Gasteiger partial charge is 0.193 e. The highest BCUT2D eigenvalue weighted by Crippen LogP contribution is 2.17. The van der Waals surface area contributed by atoms with Gasteiger partial charge in [-0.1, -0.05) is 37.6 Å². The minimum atomic E-state index is 0.807. The van der Waals surface area contributed by atoms with Gasteiger partial charge in [-0.05, 0) is 24.1 Å². The average Bonchev–Trinajstić information content (AvgIpc) is 3.08.